The van der Waals surface area contributed by atoms with Crippen LogP contribution < -0.4 is 0 Å². The van der Waals surface area contributed by atoms with Crippen molar-refractivity contribution in [3.8, 4) is 0 Å². The molecule has 126 valence electrons. The minimum atomic E-state index is -0.498. The van der Waals surface area contributed by atoms with Crippen molar-refractivity contribution in [2.45, 2.75) is 76.4 Å². The number of hydrogen-bond acceptors (Lipinski definition) is 2. The lowest BCUT2D eigenvalue weighted by Gasteiger charge is -2.60. The molecule has 0 saturated heterocycles. The first kappa shape index (κ1) is 15.7. The van der Waals surface area contributed by atoms with Gasteiger partial charge in [-0.25, -0.2) is 0 Å². The molecule has 5 aliphatic carbocycles. The van der Waals surface area contributed by atoms with Crippen LogP contribution in [0.5, 0.6) is 0 Å². The van der Waals surface area contributed by atoms with E-state index >= 15 is 0 Å². The summed E-state index contributed by atoms with van der Waals surface area (Å²) in [7, 11) is 0. The predicted octanol–water partition coefficient (Wildman–Crippen LogP) is 4.38. The Morgan fingerprint density at radius 3 is 2.00 bits per heavy atom. The average molecular weight is 327 g/mol. The summed E-state index contributed by atoms with van der Waals surface area (Å²) in [5.41, 5.74) is 0.718. The molecule has 0 amide bonds. The summed E-state index contributed by atoms with van der Waals surface area (Å²) in [5.74, 6) is 4.44. The van der Waals surface area contributed by atoms with Gasteiger partial charge in [-0.3, -0.25) is 0 Å². The van der Waals surface area contributed by atoms with Crippen LogP contribution in [0.2, 0.25) is 0 Å². The Morgan fingerprint density at radius 2 is 1.50 bits per heavy atom. The normalized spacial score (nSPS) is 48.5. The maximum Gasteiger partial charge on any atom is 0.0908 e. The number of halogens is 1. The van der Waals surface area contributed by atoms with Gasteiger partial charge >= 0.3 is 0 Å². The molecule has 22 heavy (non-hydrogen) atoms. The van der Waals surface area contributed by atoms with Crippen LogP contribution in [0.25, 0.3) is 0 Å². The van der Waals surface area contributed by atoms with Crippen LogP contribution in [-0.2, 0) is 4.74 Å². The molecule has 0 radical (unpaired) electrons. The first-order chi connectivity index (χ1) is 10.7. The lowest BCUT2D eigenvalue weighted by Crippen LogP contribution is -2.50. The van der Waals surface area contributed by atoms with Gasteiger partial charge in [0.2, 0.25) is 0 Å². The van der Waals surface area contributed by atoms with Crippen LogP contribution in [-0.4, -0.2) is 29.8 Å². The van der Waals surface area contributed by atoms with Crippen molar-refractivity contribution >= 4 is 11.6 Å². The standard InChI is InChI=1S/C19H31ClO2/c20-11-17(21)12-22-18-3-1-16(2-4-18)19-8-13-5-14(9-19)7-15(6-13)10-19/h13-18,21H,1-12H2. The predicted molar refractivity (Wildman–Crippen MR) is 89.0 cm³/mol. The van der Waals surface area contributed by atoms with E-state index in [9.17, 15) is 5.11 Å². The second kappa shape index (κ2) is 6.26. The van der Waals surface area contributed by atoms with Crippen molar-refractivity contribution in [2.75, 3.05) is 12.5 Å². The molecule has 0 heterocycles. The summed E-state index contributed by atoms with van der Waals surface area (Å²) in [6, 6.07) is 0. The lowest BCUT2D eigenvalue weighted by molar-refractivity contribution is -0.108. The first-order valence-electron chi connectivity index (χ1n) is 9.52. The Bertz CT molecular complexity index is 354. The van der Waals surface area contributed by atoms with Gasteiger partial charge in [-0.15, -0.1) is 11.6 Å². The van der Waals surface area contributed by atoms with Crippen LogP contribution in [0.4, 0.5) is 0 Å². The minimum Gasteiger partial charge on any atom is -0.389 e. The van der Waals surface area contributed by atoms with E-state index in [1.54, 1.807) is 38.5 Å². The molecule has 4 bridgehead atoms. The zero-order valence-electron chi connectivity index (χ0n) is 13.7. The van der Waals surface area contributed by atoms with Crippen LogP contribution in [0.15, 0.2) is 0 Å². The van der Waals surface area contributed by atoms with Crippen molar-refractivity contribution < 1.29 is 9.84 Å². The first-order valence-corrected chi connectivity index (χ1v) is 10.1. The van der Waals surface area contributed by atoms with Crippen LogP contribution in [0.1, 0.15) is 64.2 Å². The van der Waals surface area contributed by atoms with E-state index in [4.69, 9.17) is 16.3 Å². The second-order valence-electron chi connectivity index (χ2n) is 8.90. The largest absolute Gasteiger partial charge is 0.389 e. The molecule has 5 rings (SSSR count). The van der Waals surface area contributed by atoms with E-state index in [1.807, 2.05) is 0 Å². The molecule has 0 aliphatic heterocycles. The maximum atomic E-state index is 9.54. The molecule has 5 aliphatic rings. The summed E-state index contributed by atoms with van der Waals surface area (Å²) >= 11 is 5.64. The summed E-state index contributed by atoms with van der Waals surface area (Å²) in [6.45, 7) is 0.413. The minimum absolute atomic E-state index is 0.280. The van der Waals surface area contributed by atoms with Crippen molar-refractivity contribution in [3.05, 3.63) is 0 Å². The molecular formula is C19H31ClO2. The highest BCUT2D eigenvalue weighted by atomic mass is 35.5. The Labute approximate surface area is 139 Å². The molecule has 0 aromatic rings. The van der Waals surface area contributed by atoms with Gasteiger partial charge in [0.25, 0.3) is 0 Å². The van der Waals surface area contributed by atoms with E-state index < -0.39 is 6.10 Å². The maximum absolute atomic E-state index is 9.54. The van der Waals surface area contributed by atoms with E-state index in [0.717, 1.165) is 29.1 Å². The quantitative estimate of drug-likeness (QED) is 0.760. The van der Waals surface area contributed by atoms with Gasteiger partial charge in [0.05, 0.1) is 24.7 Å². The number of ether oxygens (including phenoxy) is 1. The Balaban J connectivity index is 1.32. The van der Waals surface area contributed by atoms with Gasteiger partial charge in [0, 0.05) is 0 Å². The Morgan fingerprint density at radius 1 is 0.955 bits per heavy atom. The summed E-state index contributed by atoms with van der Waals surface area (Å²) in [4.78, 5) is 0. The molecule has 2 nitrogen and oxygen atoms in total. The number of rotatable bonds is 5. The monoisotopic (exact) mass is 326 g/mol. The Kier molecular flexibility index (Phi) is 4.47. The van der Waals surface area contributed by atoms with Crippen molar-refractivity contribution in [1.29, 1.82) is 0 Å². The Hall–Kier alpha value is 0.210. The SMILES string of the molecule is OC(CCl)COC1CCC(C23CC4CC(CC(C4)C2)C3)CC1. The van der Waals surface area contributed by atoms with E-state index in [1.165, 1.54) is 25.7 Å². The van der Waals surface area contributed by atoms with Gasteiger partial charge in [-0.2, -0.15) is 0 Å². The smallest absolute Gasteiger partial charge is 0.0908 e. The fourth-order valence-electron chi connectivity index (χ4n) is 6.81. The summed E-state index contributed by atoms with van der Waals surface area (Å²) in [5, 5.41) is 9.54. The van der Waals surface area contributed by atoms with Gasteiger partial charge in [0.1, 0.15) is 0 Å². The third-order valence-electron chi connectivity index (χ3n) is 7.33. The van der Waals surface area contributed by atoms with Crippen LogP contribution in [0, 0.1) is 29.1 Å². The second-order valence-corrected chi connectivity index (χ2v) is 9.20. The van der Waals surface area contributed by atoms with Crippen molar-refractivity contribution in [2.24, 2.45) is 29.1 Å². The molecule has 1 atom stereocenters. The van der Waals surface area contributed by atoms with E-state index in [0.29, 0.717) is 12.7 Å². The van der Waals surface area contributed by atoms with Gasteiger partial charge in [-0.05, 0) is 93.3 Å². The highest BCUT2D eigenvalue weighted by molar-refractivity contribution is 6.18. The third kappa shape index (κ3) is 2.96. The summed E-state index contributed by atoms with van der Waals surface area (Å²) < 4.78 is 5.87. The van der Waals surface area contributed by atoms with Crippen LogP contribution >= 0.6 is 11.6 Å². The van der Waals surface area contributed by atoms with E-state index in [2.05, 4.69) is 0 Å². The zero-order valence-corrected chi connectivity index (χ0v) is 14.4. The van der Waals surface area contributed by atoms with Gasteiger partial charge in [0.15, 0.2) is 0 Å². The molecular weight excluding hydrogens is 296 g/mol. The third-order valence-corrected chi connectivity index (χ3v) is 7.68. The highest BCUT2D eigenvalue weighted by Gasteiger charge is 2.54. The van der Waals surface area contributed by atoms with Gasteiger partial charge in [-0.1, -0.05) is 0 Å². The van der Waals surface area contributed by atoms with Crippen molar-refractivity contribution in [1.82, 2.24) is 0 Å². The number of alkyl halides is 1. The molecule has 0 spiro atoms. The molecule has 3 heteroatoms. The number of aliphatic hydroxyl groups is 1. The lowest BCUT2D eigenvalue weighted by atomic mass is 9.45. The highest BCUT2D eigenvalue weighted by Crippen LogP contribution is 2.64. The molecule has 1 N–H and O–H groups in total. The number of aliphatic hydroxyl groups excluding tert-OH is 1. The average Bonchev–Trinajstić information content (AvgIpc) is 2.51. The van der Waals surface area contributed by atoms with Crippen molar-refractivity contribution in [3.63, 3.8) is 0 Å². The fraction of sp³-hybridized carbons (Fsp3) is 1.00. The molecule has 0 aromatic carbocycles. The van der Waals surface area contributed by atoms with Gasteiger partial charge < -0.3 is 9.84 Å². The molecule has 0 aromatic heterocycles. The summed E-state index contributed by atoms with van der Waals surface area (Å²) in [6.07, 6.45) is 14.2. The number of hydrogen-bond donors (Lipinski definition) is 1. The fourth-order valence-corrected chi connectivity index (χ4v) is 6.90. The molecule has 5 saturated carbocycles. The topological polar surface area (TPSA) is 29.5 Å². The molecule has 1 unspecified atom stereocenters. The molecule has 5 fully saturated rings. The van der Waals surface area contributed by atoms with E-state index in [-0.39, 0.29) is 5.88 Å². The zero-order chi connectivity index (χ0) is 15.2. The van der Waals surface area contributed by atoms with Crippen LogP contribution in [0.3, 0.4) is 0 Å².